The Bertz CT molecular complexity index is 389. The van der Waals surface area contributed by atoms with Gasteiger partial charge in [-0.25, -0.2) is 9.97 Å². The van der Waals surface area contributed by atoms with Gasteiger partial charge in [0.25, 0.3) is 0 Å². The Morgan fingerprint density at radius 2 is 2.10 bits per heavy atom. The summed E-state index contributed by atoms with van der Waals surface area (Å²) in [7, 11) is 0. The summed E-state index contributed by atoms with van der Waals surface area (Å²) in [6.07, 6.45) is 8.87. The van der Waals surface area contributed by atoms with Gasteiger partial charge < -0.3 is 5.32 Å². The second kappa shape index (κ2) is 8.63. The Labute approximate surface area is 127 Å². The summed E-state index contributed by atoms with van der Waals surface area (Å²) < 4.78 is 0. The van der Waals surface area contributed by atoms with E-state index in [1.807, 2.05) is 24.0 Å². The van der Waals surface area contributed by atoms with Crippen LogP contribution in [0.1, 0.15) is 57.5 Å². The summed E-state index contributed by atoms with van der Waals surface area (Å²) in [5.74, 6) is 2.63. The Kier molecular flexibility index (Phi) is 6.80. The fourth-order valence-corrected chi connectivity index (χ4v) is 3.71. The fourth-order valence-electron chi connectivity index (χ4n) is 2.52. The van der Waals surface area contributed by atoms with Crippen LogP contribution in [0.2, 0.25) is 0 Å². The Morgan fingerprint density at radius 1 is 1.30 bits per heavy atom. The average Bonchev–Trinajstić information content (AvgIpc) is 2.46. The molecule has 1 aromatic rings. The highest BCUT2D eigenvalue weighted by molar-refractivity contribution is 7.99. The Balaban J connectivity index is 1.76. The van der Waals surface area contributed by atoms with E-state index in [1.54, 1.807) is 0 Å². The molecule has 1 fully saturated rings. The number of hydrogen-bond donors (Lipinski definition) is 1. The van der Waals surface area contributed by atoms with Gasteiger partial charge in [0.15, 0.2) is 0 Å². The number of thioether (sulfide) groups is 1. The van der Waals surface area contributed by atoms with Crippen LogP contribution in [0.5, 0.6) is 0 Å². The van der Waals surface area contributed by atoms with Crippen LogP contribution in [-0.4, -0.2) is 21.8 Å². The fraction of sp³-hybridized carbons (Fsp3) is 0.750. The largest absolute Gasteiger partial charge is 0.311 e. The van der Waals surface area contributed by atoms with Gasteiger partial charge >= 0.3 is 0 Å². The number of aromatic nitrogens is 2. The summed E-state index contributed by atoms with van der Waals surface area (Å²) in [6, 6.07) is 2.02. The van der Waals surface area contributed by atoms with Gasteiger partial charge in [0.1, 0.15) is 5.82 Å². The summed E-state index contributed by atoms with van der Waals surface area (Å²) >= 11 is 2.04. The van der Waals surface area contributed by atoms with E-state index in [9.17, 15) is 0 Å². The molecule has 1 heterocycles. The lowest BCUT2D eigenvalue weighted by Crippen LogP contribution is -2.20. The van der Waals surface area contributed by atoms with Crippen molar-refractivity contribution in [3.8, 4) is 0 Å². The normalized spacial score (nSPS) is 16.8. The monoisotopic (exact) mass is 293 g/mol. The maximum Gasteiger partial charge on any atom is 0.138 e. The molecule has 0 spiro atoms. The van der Waals surface area contributed by atoms with Crippen LogP contribution < -0.4 is 5.32 Å². The maximum atomic E-state index is 4.66. The first-order valence-electron chi connectivity index (χ1n) is 7.87. The zero-order valence-corrected chi connectivity index (χ0v) is 13.6. The SMILES string of the molecule is CC(C)CNCc1ccnc(CSC2CCCCC2)n1. The van der Waals surface area contributed by atoms with E-state index in [0.717, 1.165) is 35.6 Å². The van der Waals surface area contributed by atoms with Crippen LogP contribution in [0.25, 0.3) is 0 Å². The van der Waals surface area contributed by atoms with E-state index in [4.69, 9.17) is 0 Å². The van der Waals surface area contributed by atoms with E-state index in [-0.39, 0.29) is 0 Å². The third-order valence-electron chi connectivity index (χ3n) is 3.62. The molecular formula is C16H27N3S. The summed E-state index contributed by atoms with van der Waals surface area (Å²) in [6.45, 7) is 6.33. The lowest BCUT2D eigenvalue weighted by atomic mass is 10.0. The molecule has 1 N–H and O–H groups in total. The summed E-state index contributed by atoms with van der Waals surface area (Å²) in [5, 5.41) is 4.27. The molecule has 0 unspecified atom stereocenters. The Morgan fingerprint density at radius 3 is 2.85 bits per heavy atom. The molecule has 112 valence electrons. The minimum atomic E-state index is 0.679. The van der Waals surface area contributed by atoms with Crippen LogP contribution in [0.15, 0.2) is 12.3 Å². The van der Waals surface area contributed by atoms with E-state index >= 15 is 0 Å². The first kappa shape index (κ1) is 15.8. The van der Waals surface area contributed by atoms with E-state index in [0.29, 0.717) is 5.92 Å². The minimum absolute atomic E-state index is 0.679. The lowest BCUT2D eigenvalue weighted by Gasteiger charge is -2.20. The highest BCUT2D eigenvalue weighted by Crippen LogP contribution is 2.29. The first-order chi connectivity index (χ1) is 9.74. The van der Waals surface area contributed by atoms with Gasteiger partial charge in [-0.05, 0) is 31.4 Å². The van der Waals surface area contributed by atoms with Crippen LogP contribution >= 0.6 is 11.8 Å². The predicted octanol–water partition coefficient (Wildman–Crippen LogP) is 3.79. The van der Waals surface area contributed by atoms with Crippen LogP contribution in [0, 0.1) is 5.92 Å². The quantitative estimate of drug-likeness (QED) is 0.830. The average molecular weight is 293 g/mol. The number of rotatable bonds is 7. The van der Waals surface area contributed by atoms with Crippen LogP contribution in [0.3, 0.4) is 0 Å². The van der Waals surface area contributed by atoms with Gasteiger partial charge in [-0.2, -0.15) is 11.8 Å². The van der Waals surface area contributed by atoms with Crippen molar-refractivity contribution in [2.24, 2.45) is 5.92 Å². The number of nitrogens with one attached hydrogen (secondary N) is 1. The molecule has 1 aliphatic rings. The molecule has 0 aliphatic heterocycles. The van der Waals surface area contributed by atoms with Crippen molar-refractivity contribution >= 4 is 11.8 Å². The number of hydrogen-bond acceptors (Lipinski definition) is 4. The van der Waals surface area contributed by atoms with Crippen LogP contribution in [0.4, 0.5) is 0 Å². The van der Waals surface area contributed by atoms with Gasteiger partial charge in [0, 0.05) is 18.0 Å². The molecule has 4 heteroatoms. The maximum absolute atomic E-state index is 4.66. The molecule has 0 atom stereocenters. The Hall–Kier alpha value is -0.610. The highest BCUT2D eigenvalue weighted by Gasteiger charge is 2.14. The highest BCUT2D eigenvalue weighted by atomic mass is 32.2. The molecule has 0 aromatic carbocycles. The zero-order valence-electron chi connectivity index (χ0n) is 12.8. The van der Waals surface area contributed by atoms with Gasteiger partial charge in [-0.1, -0.05) is 33.1 Å². The van der Waals surface area contributed by atoms with Crippen molar-refractivity contribution in [3.05, 3.63) is 23.8 Å². The summed E-state index contributed by atoms with van der Waals surface area (Å²) in [5.41, 5.74) is 1.11. The molecule has 2 rings (SSSR count). The zero-order chi connectivity index (χ0) is 14.2. The van der Waals surface area contributed by atoms with Crippen molar-refractivity contribution in [3.63, 3.8) is 0 Å². The van der Waals surface area contributed by atoms with Crippen molar-refractivity contribution in [2.45, 2.75) is 63.5 Å². The van der Waals surface area contributed by atoms with Crippen LogP contribution in [-0.2, 0) is 12.3 Å². The van der Waals surface area contributed by atoms with Gasteiger partial charge in [-0.3, -0.25) is 0 Å². The molecule has 1 saturated carbocycles. The molecule has 0 bridgehead atoms. The van der Waals surface area contributed by atoms with Crippen molar-refractivity contribution in [1.29, 1.82) is 0 Å². The standard InChI is InChI=1S/C16H27N3S/c1-13(2)10-17-11-14-8-9-18-16(19-14)12-20-15-6-4-3-5-7-15/h8-9,13,15,17H,3-7,10-12H2,1-2H3. The molecule has 1 aromatic heterocycles. The van der Waals surface area contributed by atoms with E-state index < -0.39 is 0 Å². The van der Waals surface area contributed by atoms with Crippen molar-refractivity contribution in [2.75, 3.05) is 6.54 Å². The van der Waals surface area contributed by atoms with Gasteiger partial charge in [-0.15, -0.1) is 0 Å². The summed E-state index contributed by atoms with van der Waals surface area (Å²) in [4.78, 5) is 9.07. The molecule has 0 amide bonds. The molecule has 20 heavy (non-hydrogen) atoms. The third-order valence-corrected chi connectivity index (χ3v) is 4.99. The lowest BCUT2D eigenvalue weighted by molar-refractivity contribution is 0.516. The predicted molar refractivity (Wildman–Crippen MR) is 86.7 cm³/mol. The smallest absolute Gasteiger partial charge is 0.138 e. The van der Waals surface area contributed by atoms with Crippen molar-refractivity contribution in [1.82, 2.24) is 15.3 Å². The minimum Gasteiger partial charge on any atom is -0.311 e. The molecular weight excluding hydrogens is 266 g/mol. The van der Waals surface area contributed by atoms with E-state index in [2.05, 4.69) is 29.1 Å². The second-order valence-electron chi connectivity index (χ2n) is 6.06. The number of nitrogens with zero attached hydrogens (tertiary/aromatic N) is 2. The van der Waals surface area contributed by atoms with Gasteiger partial charge in [0.2, 0.25) is 0 Å². The van der Waals surface area contributed by atoms with Gasteiger partial charge in [0.05, 0.1) is 11.4 Å². The third kappa shape index (κ3) is 5.80. The van der Waals surface area contributed by atoms with E-state index in [1.165, 1.54) is 32.1 Å². The molecule has 0 saturated heterocycles. The molecule has 1 aliphatic carbocycles. The first-order valence-corrected chi connectivity index (χ1v) is 8.92. The second-order valence-corrected chi connectivity index (χ2v) is 7.35. The molecule has 0 radical (unpaired) electrons. The molecule has 3 nitrogen and oxygen atoms in total. The van der Waals surface area contributed by atoms with Crippen molar-refractivity contribution < 1.29 is 0 Å². The topological polar surface area (TPSA) is 37.8 Å².